The highest BCUT2D eigenvalue weighted by molar-refractivity contribution is 5.90. The molecule has 0 atom stereocenters. The van der Waals surface area contributed by atoms with Crippen LogP contribution in [0, 0.1) is 10.1 Å². The van der Waals surface area contributed by atoms with Gasteiger partial charge in [-0.2, -0.15) is 0 Å². The van der Waals surface area contributed by atoms with Crippen LogP contribution in [0.4, 0.5) is 11.4 Å². The van der Waals surface area contributed by atoms with E-state index < -0.39 is 4.92 Å². The molecule has 2 aromatic rings. The summed E-state index contributed by atoms with van der Waals surface area (Å²) in [6.45, 7) is 2.32. The van der Waals surface area contributed by atoms with Gasteiger partial charge in [0.1, 0.15) is 0 Å². The van der Waals surface area contributed by atoms with Crippen LogP contribution >= 0.6 is 0 Å². The summed E-state index contributed by atoms with van der Waals surface area (Å²) < 4.78 is 5.41. The summed E-state index contributed by atoms with van der Waals surface area (Å²) in [7, 11) is 0. The average molecular weight is 328 g/mol. The van der Waals surface area contributed by atoms with E-state index in [9.17, 15) is 14.9 Å². The van der Waals surface area contributed by atoms with E-state index in [2.05, 4.69) is 12.2 Å². The van der Waals surface area contributed by atoms with Crippen molar-refractivity contribution in [3.8, 4) is 5.75 Å². The highest BCUT2D eigenvalue weighted by Gasteiger charge is 2.13. The third kappa shape index (κ3) is 5.08. The highest BCUT2D eigenvalue weighted by atomic mass is 16.6. The number of nitro groups is 1. The Balaban J connectivity index is 1.75. The summed E-state index contributed by atoms with van der Waals surface area (Å²) >= 11 is 0. The topological polar surface area (TPSA) is 81.5 Å². The van der Waals surface area contributed by atoms with Gasteiger partial charge < -0.3 is 10.1 Å². The van der Waals surface area contributed by atoms with Gasteiger partial charge in [0, 0.05) is 18.2 Å². The van der Waals surface area contributed by atoms with Gasteiger partial charge in [-0.3, -0.25) is 14.9 Å². The SMILES string of the molecule is CCc1ccc(NC(=O)CCCOc2ccccc2[N+](=O)[O-])cc1. The molecule has 0 unspecified atom stereocenters. The fourth-order valence-corrected chi connectivity index (χ4v) is 2.19. The molecule has 0 radical (unpaired) electrons. The van der Waals surface area contributed by atoms with Crippen molar-refractivity contribution in [2.45, 2.75) is 26.2 Å². The molecule has 0 saturated carbocycles. The first kappa shape index (κ1) is 17.5. The van der Waals surface area contributed by atoms with Gasteiger partial charge in [-0.05, 0) is 36.6 Å². The minimum atomic E-state index is -0.484. The van der Waals surface area contributed by atoms with Crippen LogP contribution in [-0.4, -0.2) is 17.4 Å². The van der Waals surface area contributed by atoms with Crippen molar-refractivity contribution in [1.82, 2.24) is 0 Å². The molecule has 1 amide bonds. The van der Waals surface area contributed by atoms with Crippen LogP contribution in [0.15, 0.2) is 48.5 Å². The maximum Gasteiger partial charge on any atom is 0.310 e. The largest absolute Gasteiger partial charge is 0.487 e. The zero-order valence-electron chi connectivity index (χ0n) is 13.5. The van der Waals surface area contributed by atoms with E-state index in [0.29, 0.717) is 6.42 Å². The molecular weight excluding hydrogens is 308 g/mol. The predicted molar refractivity (Wildman–Crippen MR) is 92.3 cm³/mol. The van der Waals surface area contributed by atoms with E-state index in [1.165, 1.54) is 11.6 Å². The monoisotopic (exact) mass is 328 g/mol. The van der Waals surface area contributed by atoms with Crippen molar-refractivity contribution in [3.63, 3.8) is 0 Å². The number of benzene rings is 2. The third-order valence-electron chi connectivity index (χ3n) is 3.51. The lowest BCUT2D eigenvalue weighted by atomic mass is 10.1. The Labute approximate surface area is 140 Å². The number of hydrogen-bond donors (Lipinski definition) is 1. The van der Waals surface area contributed by atoms with Crippen molar-refractivity contribution >= 4 is 17.3 Å². The summed E-state index contributed by atoms with van der Waals surface area (Å²) in [6.07, 6.45) is 1.72. The number of carbonyl (C=O) groups is 1. The fraction of sp³-hybridized carbons (Fsp3) is 0.278. The Hall–Kier alpha value is -2.89. The molecule has 0 aliphatic rings. The van der Waals surface area contributed by atoms with Crippen LogP contribution in [0.25, 0.3) is 0 Å². The molecular formula is C18H20N2O4. The number of carbonyl (C=O) groups excluding carboxylic acids is 1. The zero-order chi connectivity index (χ0) is 17.4. The number of anilines is 1. The van der Waals surface area contributed by atoms with Crippen molar-refractivity contribution in [1.29, 1.82) is 0 Å². The van der Waals surface area contributed by atoms with E-state index in [0.717, 1.165) is 12.1 Å². The van der Waals surface area contributed by atoms with Gasteiger partial charge >= 0.3 is 5.69 Å². The van der Waals surface area contributed by atoms with Crippen molar-refractivity contribution < 1.29 is 14.5 Å². The number of para-hydroxylation sites is 2. The van der Waals surface area contributed by atoms with Gasteiger partial charge in [0.05, 0.1) is 11.5 Å². The van der Waals surface area contributed by atoms with Gasteiger partial charge in [-0.25, -0.2) is 0 Å². The first-order valence-electron chi connectivity index (χ1n) is 7.85. The number of hydrogen-bond acceptors (Lipinski definition) is 4. The summed E-state index contributed by atoms with van der Waals surface area (Å²) in [5, 5.41) is 13.7. The van der Waals surface area contributed by atoms with Crippen LogP contribution in [-0.2, 0) is 11.2 Å². The number of ether oxygens (including phenoxy) is 1. The molecule has 24 heavy (non-hydrogen) atoms. The van der Waals surface area contributed by atoms with Gasteiger partial charge in [-0.15, -0.1) is 0 Å². The van der Waals surface area contributed by atoms with E-state index in [4.69, 9.17) is 4.74 Å². The van der Waals surface area contributed by atoms with Crippen molar-refractivity contribution in [2.75, 3.05) is 11.9 Å². The van der Waals surface area contributed by atoms with Crippen LogP contribution in [0.2, 0.25) is 0 Å². The van der Waals surface area contributed by atoms with E-state index in [1.54, 1.807) is 18.2 Å². The standard InChI is InChI=1S/C18H20N2O4/c1-2-14-9-11-15(12-10-14)19-18(21)8-5-13-24-17-7-4-3-6-16(17)20(22)23/h3-4,6-7,9-12H,2,5,8,13H2,1H3,(H,19,21). The first-order chi connectivity index (χ1) is 11.6. The van der Waals surface area contributed by atoms with Crippen molar-refractivity contribution in [3.05, 3.63) is 64.2 Å². The predicted octanol–water partition coefficient (Wildman–Crippen LogP) is 3.95. The number of nitrogens with one attached hydrogen (secondary N) is 1. The smallest absolute Gasteiger partial charge is 0.310 e. The minimum Gasteiger partial charge on any atom is -0.487 e. The summed E-state index contributed by atoms with van der Waals surface area (Å²) in [5.74, 6) is 0.114. The third-order valence-corrected chi connectivity index (χ3v) is 3.51. The number of amides is 1. The molecule has 0 heterocycles. The molecule has 2 aromatic carbocycles. The molecule has 0 aromatic heterocycles. The first-order valence-corrected chi connectivity index (χ1v) is 7.85. The summed E-state index contributed by atoms with van der Waals surface area (Å²) in [4.78, 5) is 22.3. The van der Waals surface area contributed by atoms with E-state index >= 15 is 0 Å². The number of nitro benzene ring substituents is 1. The van der Waals surface area contributed by atoms with E-state index in [-0.39, 0.29) is 30.4 Å². The second kappa shape index (κ2) is 8.67. The molecule has 1 N–H and O–H groups in total. The Morgan fingerprint density at radius 3 is 2.54 bits per heavy atom. The number of nitrogens with zero attached hydrogens (tertiary/aromatic N) is 1. The molecule has 126 valence electrons. The molecule has 0 aliphatic heterocycles. The zero-order valence-corrected chi connectivity index (χ0v) is 13.5. The normalized spacial score (nSPS) is 10.2. The fourth-order valence-electron chi connectivity index (χ4n) is 2.19. The maximum absolute atomic E-state index is 11.9. The summed E-state index contributed by atoms with van der Waals surface area (Å²) in [5.41, 5.74) is 1.90. The van der Waals surface area contributed by atoms with E-state index in [1.807, 2.05) is 24.3 Å². The molecule has 0 spiro atoms. The Kier molecular flexibility index (Phi) is 6.31. The molecule has 2 rings (SSSR count). The molecule has 0 bridgehead atoms. The van der Waals surface area contributed by atoms with Crippen LogP contribution in [0.1, 0.15) is 25.3 Å². The molecule has 0 saturated heterocycles. The van der Waals surface area contributed by atoms with Crippen LogP contribution in [0.3, 0.4) is 0 Å². The average Bonchev–Trinajstić information content (AvgIpc) is 2.59. The quantitative estimate of drug-likeness (QED) is 0.452. The molecule has 0 aliphatic carbocycles. The second-order valence-corrected chi connectivity index (χ2v) is 5.28. The lowest BCUT2D eigenvalue weighted by Crippen LogP contribution is -2.13. The molecule has 6 nitrogen and oxygen atoms in total. The van der Waals surface area contributed by atoms with Crippen molar-refractivity contribution in [2.24, 2.45) is 0 Å². The van der Waals surface area contributed by atoms with Crippen LogP contribution in [0.5, 0.6) is 5.75 Å². The van der Waals surface area contributed by atoms with Crippen LogP contribution < -0.4 is 10.1 Å². The maximum atomic E-state index is 11.9. The number of aryl methyl sites for hydroxylation is 1. The molecule has 0 fully saturated rings. The Morgan fingerprint density at radius 2 is 1.88 bits per heavy atom. The van der Waals surface area contributed by atoms with Gasteiger partial charge in [0.15, 0.2) is 5.75 Å². The lowest BCUT2D eigenvalue weighted by Gasteiger charge is -2.08. The lowest BCUT2D eigenvalue weighted by molar-refractivity contribution is -0.385. The van der Waals surface area contributed by atoms with Gasteiger partial charge in [-0.1, -0.05) is 31.2 Å². The second-order valence-electron chi connectivity index (χ2n) is 5.28. The molecule has 6 heteroatoms. The minimum absolute atomic E-state index is 0.0713. The van der Waals surface area contributed by atoms with Gasteiger partial charge in [0.25, 0.3) is 0 Å². The summed E-state index contributed by atoms with van der Waals surface area (Å²) in [6, 6.07) is 13.9. The Bertz CT molecular complexity index is 698. The highest BCUT2D eigenvalue weighted by Crippen LogP contribution is 2.25. The Morgan fingerprint density at radius 1 is 1.17 bits per heavy atom. The van der Waals surface area contributed by atoms with Gasteiger partial charge in [0.2, 0.25) is 5.91 Å². The number of rotatable bonds is 8.